The number of aliphatic hydroxyl groups excluding tert-OH is 1. The van der Waals surface area contributed by atoms with Crippen LogP contribution in [0.2, 0.25) is 0 Å². The fourth-order valence-corrected chi connectivity index (χ4v) is 7.49. The van der Waals surface area contributed by atoms with E-state index in [1.165, 1.54) is 13.8 Å². The molecule has 9 nitrogen and oxygen atoms in total. The minimum atomic E-state index is -2.65. The molecule has 6 unspecified atom stereocenters. The van der Waals surface area contributed by atoms with Crippen LogP contribution in [0.25, 0.3) is 0 Å². The van der Waals surface area contributed by atoms with E-state index in [0.29, 0.717) is 12.0 Å². The van der Waals surface area contributed by atoms with Gasteiger partial charge in [0.2, 0.25) is 11.4 Å². The Morgan fingerprint density at radius 3 is 2.11 bits per heavy atom. The first-order valence-electron chi connectivity index (χ1n) is 12.0. The fraction of sp³-hybridized carbons (Fsp3) is 0.667. The number of esters is 2. The number of ketones is 3. The molecule has 198 valence electrons. The van der Waals surface area contributed by atoms with Crippen LogP contribution in [0.4, 0.5) is 0 Å². The lowest BCUT2D eigenvalue weighted by atomic mass is 9.37. The van der Waals surface area contributed by atoms with Crippen molar-refractivity contribution in [3.05, 3.63) is 23.5 Å². The lowest BCUT2D eigenvalue weighted by molar-refractivity contribution is -0.186. The van der Waals surface area contributed by atoms with Crippen molar-refractivity contribution >= 4 is 29.3 Å². The number of fused-ring (bicyclic) bond motifs is 3. The van der Waals surface area contributed by atoms with E-state index in [4.69, 9.17) is 4.74 Å². The van der Waals surface area contributed by atoms with Crippen molar-refractivity contribution < 1.29 is 43.7 Å². The molecule has 0 saturated heterocycles. The van der Waals surface area contributed by atoms with Crippen LogP contribution in [0.5, 0.6) is 0 Å². The van der Waals surface area contributed by atoms with Gasteiger partial charge in [0, 0.05) is 11.8 Å². The summed E-state index contributed by atoms with van der Waals surface area (Å²) in [5.74, 6) is -6.85. The molecule has 0 spiro atoms. The topological polar surface area (TPSA) is 144 Å². The van der Waals surface area contributed by atoms with Crippen molar-refractivity contribution in [1.29, 1.82) is 0 Å². The van der Waals surface area contributed by atoms with Crippen molar-refractivity contribution in [2.24, 2.45) is 33.5 Å². The summed E-state index contributed by atoms with van der Waals surface area (Å²) >= 11 is 0. The molecule has 3 aliphatic carbocycles. The Bertz CT molecular complexity index is 1130. The van der Waals surface area contributed by atoms with Gasteiger partial charge >= 0.3 is 11.9 Å². The van der Waals surface area contributed by atoms with Crippen LogP contribution in [0.1, 0.15) is 60.8 Å². The molecule has 0 bridgehead atoms. The number of Topliss-reactive ketones (excluding diaryl/α,β-unsaturated/α-hetero) is 3. The molecule has 36 heavy (non-hydrogen) atoms. The molecule has 0 heterocycles. The SMILES string of the molecule is C=C1CC2C3(C)CCC(=O)C(C)(C)C3=C(O)C(=O)C2(C)C(C(=O)OC)C1(C)C(=O)C(C)(O)C(=O)OC. The number of methoxy groups -OCH3 is 2. The second-order valence-electron chi connectivity index (χ2n) is 11.7. The number of ether oxygens (including phenoxy) is 2. The van der Waals surface area contributed by atoms with Crippen molar-refractivity contribution in [1.82, 2.24) is 0 Å². The molecule has 3 rings (SSSR count). The first-order valence-corrected chi connectivity index (χ1v) is 12.0. The van der Waals surface area contributed by atoms with Crippen LogP contribution in [-0.4, -0.2) is 59.3 Å². The second kappa shape index (κ2) is 8.10. The van der Waals surface area contributed by atoms with E-state index in [1.807, 2.05) is 6.92 Å². The van der Waals surface area contributed by atoms with Gasteiger partial charge in [0.05, 0.1) is 31.0 Å². The smallest absolute Gasteiger partial charge is 0.345 e. The highest BCUT2D eigenvalue weighted by Gasteiger charge is 2.73. The number of hydrogen-bond donors (Lipinski definition) is 2. The predicted molar refractivity (Wildman–Crippen MR) is 127 cm³/mol. The van der Waals surface area contributed by atoms with Crippen molar-refractivity contribution in [3.8, 4) is 0 Å². The summed E-state index contributed by atoms with van der Waals surface area (Å²) < 4.78 is 9.69. The maximum atomic E-state index is 14.0. The standard InChI is InChI=1S/C27H36O9/c1-13-12-14-24(4)11-10-15(28)23(2,3)17(24)16(29)19(30)26(14,6)18(20(31)35-8)25(13,5)21(32)27(7,34)22(33)36-9/h14,18,29,34H,1,10-12H2,2-9H3. The Morgan fingerprint density at radius 1 is 1.06 bits per heavy atom. The maximum absolute atomic E-state index is 14.0. The molecule has 0 amide bonds. The molecule has 2 saturated carbocycles. The van der Waals surface area contributed by atoms with Gasteiger partial charge in [-0.05, 0) is 57.4 Å². The summed E-state index contributed by atoms with van der Waals surface area (Å²) in [6.07, 6.45) is 0.615. The Kier molecular flexibility index (Phi) is 6.25. The van der Waals surface area contributed by atoms with Crippen LogP contribution < -0.4 is 0 Å². The summed E-state index contributed by atoms with van der Waals surface area (Å²) in [5.41, 5.74) is -7.67. The van der Waals surface area contributed by atoms with E-state index in [9.17, 15) is 34.2 Å². The van der Waals surface area contributed by atoms with Gasteiger partial charge in [-0.1, -0.05) is 26.0 Å². The highest BCUT2D eigenvalue weighted by molar-refractivity contribution is 6.13. The Labute approximate surface area is 210 Å². The molecular formula is C27H36O9. The molecular weight excluding hydrogens is 468 g/mol. The van der Waals surface area contributed by atoms with Gasteiger partial charge in [0.1, 0.15) is 5.78 Å². The molecule has 2 fully saturated rings. The van der Waals surface area contributed by atoms with Gasteiger partial charge in [0.25, 0.3) is 0 Å². The number of carbonyl (C=O) groups excluding carboxylic acids is 5. The monoisotopic (exact) mass is 504 g/mol. The zero-order valence-corrected chi connectivity index (χ0v) is 22.2. The summed E-state index contributed by atoms with van der Waals surface area (Å²) in [6, 6.07) is 0. The molecule has 2 N–H and O–H groups in total. The maximum Gasteiger partial charge on any atom is 0.345 e. The highest BCUT2D eigenvalue weighted by atomic mass is 16.5. The molecule has 6 atom stereocenters. The molecule has 0 radical (unpaired) electrons. The summed E-state index contributed by atoms with van der Waals surface area (Å²) in [7, 11) is 2.12. The van der Waals surface area contributed by atoms with Gasteiger partial charge in [0.15, 0.2) is 11.5 Å². The minimum absolute atomic E-state index is 0.0762. The van der Waals surface area contributed by atoms with Gasteiger partial charge in [-0.3, -0.25) is 19.2 Å². The van der Waals surface area contributed by atoms with E-state index in [-0.39, 0.29) is 24.2 Å². The molecule has 0 aromatic heterocycles. The second-order valence-corrected chi connectivity index (χ2v) is 11.7. The molecule has 0 aromatic carbocycles. The Morgan fingerprint density at radius 2 is 1.61 bits per heavy atom. The predicted octanol–water partition coefficient (Wildman–Crippen LogP) is 2.65. The lowest BCUT2D eigenvalue weighted by Gasteiger charge is -2.63. The quantitative estimate of drug-likeness (QED) is 0.335. The third-order valence-electron chi connectivity index (χ3n) is 9.49. The zero-order valence-electron chi connectivity index (χ0n) is 22.2. The number of allylic oxidation sites excluding steroid dienone is 3. The van der Waals surface area contributed by atoms with Crippen molar-refractivity contribution in [3.63, 3.8) is 0 Å². The van der Waals surface area contributed by atoms with Crippen LogP contribution in [-0.2, 0) is 33.4 Å². The first kappa shape index (κ1) is 27.8. The zero-order chi connectivity index (χ0) is 27.8. The summed E-state index contributed by atoms with van der Waals surface area (Å²) in [5, 5.41) is 22.2. The Hall–Kier alpha value is -2.81. The van der Waals surface area contributed by atoms with Crippen LogP contribution >= 0.6 is 0 Å². The van der Waals surface area contributed by atoms with E-state index >= 15 is 0 Å². The number of carbonyl (C=O) groups is 5. The van der Waals surface area contributed by atoms with Gasteiger partial charge in [-0.2, -0.15) is 0 Å². The molecule has 9 heteroatoms. The van der Waals surface area contributed by atoms with Crippen molar-refractivity contribution in [2.45, 2.75) is 66.4 Å². The van der Waals surface area contributed by atoms with E-state index in [1.54, 1.807) is 13.8 Å². The molecule has 0 aliphatic heterocycles. The van der Waals surface area contributed by atoms with E-state index in [0.717, 1.165) is 21.1 Å². The van der Waals surface area contributed by atoms with E-state index in [2.05, 4.69) is 11.3 Å². The minimum Gasteiger partial charge on any atom is -0.504 e. The molecule has 0 aromatic rings. The van der Waals surface area contributed by atoms with Gasteiger partial charge < -0.3 is 19.7 Å². The number of aliphatic hydroxyl groups is 2. The summed E-state index contributed by atoms with van der Waals surface area (Å²) in [4.78, 5) is 66.5. The van der Waals surface area contributed by atoms with Crippen LogP contribution in [0.15, 0.2) is 23.5 Å². The van der Waals surface area contributed by atoms with Crippen molar-refractivity contribution in [2.75, 3.05) is 14.2 Å². The highest BCUT2D eigenvalue weighted by Crippen LogP contribution is 2.69. The van der Waals surface area contributed by atoms with Gasteiger partial charge in [-0.25, -0.2) is 4.79 Å². The van der Waals surface area contributed by atoms with E-state index < -0.39 is 68.4 Å². The largest absolute Gasteiger partial charge is 0.504 e. The normalized spacial score (nSPS) is 37.4. The van der Waals surface area contributed by atoms with Gasteiger partial charge in [-0.15, -0.1) is 0 Å². The molecule has 3 aliphatic rings. The number of rotatable bonds is 4. The average molecular weight is 505 g/mol. The lowest BCUT2D eigenvalue weighted by Crippen LogP contribution is -2.68. The average Bonchev–Trinajstić information content (AvgIpc) is 2.81. The fourth-order valence-electron chi connectivity index (χ4n) is 7.49. The third-order valence-corrected chi connectivity index (χ3v) is 9.49. The summed E-state index contributed by atoms with van der Waals surface area (Å²) in [6.45, 7) is 13.1. The first-order chi connectivity index (χ1) is 16.3. The third kappa shape index (κ3) is 3.14. The number of hydrogen-bond acceptors (Lipinski definition) is 9. The van der Waals surface area contributed by atoms with Crippen LogP contribution in [0, 0.1) is 33.5 Å². The Balaban J connectivity index is 2.37. The van der Waals surface area contributed by atoms with Crippen LogP contribution in [0.3, 0.4) is 0 Å².